The van der Waals surface area contributed by atoms with Crippen LogP contribution in [0.1, 0.15) is 19.0 Å². The number of rotatable bonds is 9. The zero-order chi connectivity index (χ0) is 29.9. The number of methoxy groups -OCH3 is 1. The number of nitriles is 1. The molecule has 1 saturated heterocycles. The zero-order valence-electron chi connectivity index (χ0n) is 23.1. The van der Waals surface area contributed by atoms with Crippen LogP contribution in [-0.4, -0.2) is 66.8 Å². The van der Waals surface area contributed by atoms with Crippen LogP contribution < -0.4 is 19.5 Å². The molecule has 0 spiro atoms. The summed E-state index contributed by atoms with van der Waals surface area (Å²) in [6, 6.07) is 11.3. The first-order valence-electron chi connectivity index (χ1n) is 13.2. The Morgan fingerprint density at radius 2 is 1.98 bits per heavy atom. The molecule has 1 fully saturated rings. The molecular formula is C29H24FN9O4. The van der Waals surface area contributed by atoms with Gasteiger partial charge in [0, 0.05) is 36.2 Å². The smallest absolute Gasteiger partial charge is 0.238 e. The van der Waals surface area contributed by atoms with Crippen molar-refractivity contribution in [3.8, 4) is 35.0 Å². The number of halogens is 1. The summed E-state index contributed by atoms with van der Waals surface area (Å²) in [5.41, 5.74) is 0.920. The minimum absolute atomic E-state index is 0.0799. The Morgan fingerprint density at radius 1 is 1.12 bits per heavy atom. The third-order valence-electron chi connectivity index (χ3n) is 6.69. The third-order valence-corrected chi connectivity index (χ3v) is 6.69. The van der Waals surface area contributed by atoms with Crippen molar-refractivity contribution in [2.75, 3.05) is 25.5 Å². The average Bonchev–Trinajstić information content (AvgIpc) is 3.48. The highest BCUT2D eigenvalue weighted by Gasteiger charge is 2.32. The molecule has 0 atom stereocenters. The van der Waals surface area contributed by atoms with E-state index >= 15 is 4.39 Å². The molecule has 0 radical (unpaired) electrons. The summed E-state index contributed by atoms with van der Waals surface area (Å²) in [7, 11) is 1.53. The van der Waals surface area contributed by atoms with Gasteiger partial charge in [-0.1, -0.05) is 6.92 Å². The van der Waals surface area contributed by atoms with Crippen molar-refractivity contribution >= 4 is 28.3 Å². The molecule has 1 N–H and O–H groups in total. The number of carbonyl (C=O) groups excluding carboxylic acids is 1. The first kappa shape index (κ1) is 27.3. The number of benzene rings is 2. The zero-order valence-corrected chi connectivity index (χ0v) is 23.1. The lowest BCUT2D eigenvalue weighted by molar-refractivity contribution is -0.139. The van der Waals surface area contributed by atoms with Crippen molar-refractivity contribution in [2.45, 2.75) is 19.4 Å². The summed E-state index contributed by atoms with van der Waals surface area (Å²) in [6.45, 7) is 2.81. The van der Waals surface area contributed by atoms with Gasteiger partial charge in [-0.15, -0.1) is 5.10 Å². The Hall–Kier alpha value is -5.84. The highest BCUT2D eigenvalue weighted by atomic mass is 19.1. The maximum absolute atomic E-state index is 15.2. The Balaban J connectivity index is 1.18. The van der Waals surface area contributed by atoms with Crippen LogP contribution in [0.25, 0.3) is 16.7 Å². The molecule has 2 aromatic carbocycles. The molecule has 5 aromatic rings. The molecule has 6 rings (SSSR count). The molecule has 43 heavy (non-hydrogen) atoms. The van der Waals surface area contributed by atoms with E-state index in [9.17, 15) is 4.79 Å². The lowest BCUT2D eigenvalue weighted by Gasteiger charge is -2.39. The number of anilines is 2. The van der Waals surface area contributed by atoms with Crippen molar-refractivity contribution in [1.29, 1.82) is 5.26 Å². The largest absolute Gasteiger partial charge is 0.493 e. The van der Waals surface area contributed by atoms with Gasteiger partial charge in [-0.3, -0.25) is 4.79 Å². The lowest BCUT2D eigenvalue weighted by atomic mass is 10.1. The Labute approximate surface area is 244 Å². The van der Waals surface area contributed by atoms with Gasteiger partial charge in [0.2, 0.25) is 11.8 Å². The highest BCUT2D eigenvalue weighted by molar-refractivity contribution is 5.93. The van der Waals surface area contributed by atoms with E-state index in [0.717, 1.165) is 0 Å². The van der Waals surface area contributed by atoms with Crippen molar-refractivity contribution in [3.05, 3.63) is 72.8 Å². The number of hydrogen-bond acceptors (Lipinski definition) is 11. The van der Waals surface area contributed by atoms with Crippen molar-refractivity contribution in [1.82, 2.24) is 34.6 Å². The van der Waals surface area contributed by atoms with Crippen LogP contribution in [0.4, 0.5) is 15.9 Å². The van der Waals surface area contributed by atoms with E-state index in [1.54, 1.807) is 35.4 Å². The van der Waals surface area contributed by atoms with Crippen LogP contribution in [-0.2, 0) is 4.79 Å². The van der Waals surface area contributed by atoms with Gasteiger partial charge in [-0.05, 0) is 18.2 Å². The second-order valence-corrected chi connectivity index (χ2v) is 9.47. The third kappa shape index (κ3) is 5.68. The van der Waals surface area contributed by atoms with E-state index in [0.29, 0.717) is 53.5 Å². The minimum atomic E-state index is -0.582. The molecule has 0 saturated carbocycles. The number of carbonyl (C=O) groups is 1. The predicted molar refractivity (Wildman–Crippen MR) is 151 cm³/mol. The van der Waals surface area contributed by atoms with Gasteiger partial charge in [-0.2, -0.15) is 5.26 Å². The van der Waals surface area contributed by atoms with Crippen LogP contribution in [0.2, 0.25) is 0 Å². The number of nitrogens with zero attached hydrogens (tertiary/aromatic N) is 8. The second-order valence-electron chi connectivity index (χ2n) is 9.47. The summed E-state index contributed by atoms with van der Waals surface area (Å²) < 4.78 is 34.0. The molecule has 216 valence electrons. The molecule has 13 nitrogen and oxygen atoms in total. The topological polar surface area (TPSA) is 153 Å². The van der Waals surface area contributed by atoms with E-state index in [1.165, 1.54) is 42.6 Å². The molecule has 1 amide bonds. The summed E-state index contributed by atoms with van der Waals surface area (Å²) in [5, 5.41) is 16.8. The van der Waals surface area contributed by atoms with Crippen LogP contribution in [0.3, 0.4) is 0 Å². The van der Waals surface area contributed by atoms with Crippen LogP contribution >= 0.6 is 0 Å². The van der Waals surface area contributed by atoms with Crippen LogP contribution in [0.15, 0.2) is 61.3 Å². The van der Waals surface area contributed by atoms with Crippen molar-refractivity contribution in [2.24, 2.45) is 0 Å². The standard InChI is InChI=1S/C29H24FN9O4/c1-3-28(40)38-14-19(15-38)42-25-9-20-23(10-24(25)41-2)34-16-35-29(20)36-22-5-4-18(8-21(22)30)43-27-6-7-39(37-27)26-13-32-17(11-31)12-33-26/h4-10,12-13,16,19H,3,14-15H2,1-2H3,(H,34,35,36). The lowest BCUT2D eigenvalue weighted by Crippen LogP contribution is -2.56. The van der Waals surface area contributed by atoms with Crippen LogP contribution in [0, 0.1) is 17.1 Å². The molecule has 0 unspecified atom stereocenters. The molecular weight excluding hydrogens is 557 g/mol. The fraction of sp³-hybridized carbons (Fsp3) is 0.207. The number of fused-ring (bicyclic) bond motifs is 1. The van der Waals surface area contributed by atoms with E-state index in [4.69, 9.17) is 19.5 Å². The van der Waals surface area contributed by atoms with Gasteiger partial charge in [-0.25, -0.2) is 29.0 Å². The van der Waals surface area contributed by atoms with Gasteiger partial charge in [0.1, 0.15) is 35.9 Å². The predicted octanol–water partition coefficient (Wildman–Crippen LogP) is 4.16. The van der Waals surface area contributed by atoms with Gasteiger partial charge >= 0.3 is 0 Å². The molecule has 1 aliphatic rings. The van der Waals surface area contributed by atoms with Gasteiger partial charge < -0.3 is 24.4 Å². The number of hydrogen-bond donors (Lipinski definition) is 1. The van der Waals surface area contributed by atoms with E-state index in [2.05, 4.69) is 30.4 Å². The SMILES string of the molecule is CCC(=O)N1CC(Oc2cc3c(Nc4ccc(Oc5ccn(-c6cnc(C#N)cn6)n5)cc4F)ncnc3cc2OC)C1. The van der Waals surface area contributed by atoms with E-state index < -0.39 is 5.82 Å². The number of ether oxygens (including phenoxy) is 3. The number of nitrogens with one attached hydrogen (secondary N) is 1. The van der Waals surface area contributed by atoms with E-state index in [1.807, 2.05) is 13.0 Å². The highest BCUT2D eigenvalue weighted by Crippen LogP contribution is 2.37. The summed E-state index contributed by atoms with van der Waals surface area (Å²) in [5.74, 6) is 1.65. The normalized spacial score (nSPS) is 12.8. The van der Waals surface area contributed by atoms with Gasteiger partial charge in [0.15, 0.2) is 23.0 Å². The molecule has 0 bridgehead atoms. The monoisotopic (exact) mass is 581 g/mol. The second kappa shape index (κ2) is 11.6. The molecule has 3 aromatic heterocycles. The fourth-order valence-corrected chi connectivity index (χ4v) is 4.43. The summed E-state index contributed by atoms with van der Waals surface area (Å²) in [4.78, 5) is 30.4. The van der Waals surface area contributed by atoms with Crippen LogP contribution in [0.5, 0.6) is 23.1 Å². The molecule has 1 aliphatic heterocycles. The Kier molecular flexibility index (Phi) is 7.35. The summed E-state index contributed by atoms with van der Waals surface area (Å²) in [6.07, 6.45) is 6.00. The average molecular weight is 582 g/mol. The Bertz CT molecular complexity index is 1850. The van der Waals surface area contributed by atoms with Crippen molar-refractivity contribution < 1.29 is 23.4 Å². The minimum Gasteiger partial charge on any atom is -0.493 e. The first-order valence-corrected chi connectivity index (χ1v) is 13.2. The fourth-order valence-electron chi connectivity index (χ4n) is 4.43. The maximum atomic E-state index is 15.2. The van der Waals surface area contributed by atoms with Gasteiger partial charge in [0.05, 0.1) is 43.8 Å². The maximum Gasteiger partial charge on any atom is 0.238 e. The van der Waals surface area contributed by atoms with E-state index in [-0.39, 0.29) is 35.0 Å². The molecule has 4 heterocycles. The molecule has 0 aliphatic carbocycles. The molecule has 14 heteroatoms. The quantitative estimate of drug-likeness (QED) is 0.267. The number of amides is 1. The van der Waals surface area contributed by atoms with Gasteiger partial charge in [0.25, 0.3) is 0 Å². The van der Waals surface area contributed by atoms with Crippen molar-refractivity contribution in [3.63, 3.8) is 0 Å². The summed E-state index contributed by atoms with van der Waals surface area (Å²) >= 11 is 0. The number of aromatic nitrogens is 6. The number of likely N-dealkylation sites (tertiary alicyclic amines) is 1. The first-order chi connectivity index (χ1) is 20.9. The Morgan fingerprint density at radius 3 is 2.70 bits per heavy atom.